The summed E-state index contributed by atoms with van der Waals surface area (Å²) >= 11 is 0. The molecule has 7 heteroatoms. The summed E-state index contributed by atoms with van der Waals surface area (Å²) in [5.74, 6) is 0. The van der Waals surface area contributed by atoms with Gasteiger partial charge in [0.25, 0.3) is 5.58 Å². The number of nitrogens with zero attached hydrogens (tertiary/aromatic N) is 3. The van der Waals surface area contributed by atoms with Gasteiger partial charge in [0.2, 0.25) is 0 Å². The number of unbranched alkanes of at least 4 members (excludes halogenated alkanes) is 13. The highest BCUT2D eigenvalue weighted by Crippen LogP contribution is 2.29. The van der Waals surface area contributed by atoms with Crippen LogP contribution in [0, 0.1) is 10.1 Å². The lowest BCUT2D eigenvalue weighted by Gasteiger charge is -2.06. The number of aromatic nitrogens is 2. The van der Waals surface area contributed by atoms with Gasteiger partial charge in [0.1, 0.15) is 0 Å². The Balaban J connectivity index is 1.47. The molecule has 0 radical (unpaired) electrons. The van der Waals surface area contributed by atoms with Crippen LogP contribution in [0.1, 0.15) is 96.8 Å². The summed E-state index contributed by atoms with van der Waals surface area (Å²) in [4.78, 5) is 10.5. The van der Waals surface area contributed by atoms with Crippen LogP contribution in [0.2, 0.25) is 0 Å². The van der Waals surface area contributed by atoms with Gasteiger partial charge in [-0.05, 0) is 12.5 Å². The third-order valence-corrected chi connectivity index (χ3v) is 5.43. The van der Waals surface area contributed by atoms with E-state index < -0.39 is 4.92 Å². The quantitative estimate of drug-likeness (QED) is 0.173. The first kappa shape index (κ1) is 23.1. The number of nitro benzene ring substituents is 1. The number of fused-ring (bicyclic) bond motifs is 1. The molecule has 162 valence electrons. The summed E-state index contributed by atoms with van der Waals surface area (Å²) in [5.41, 5.74) is 1.18. The van der Waals surface area contributed by atoms with E-state index in [1.165, 1.54) is 89.5 Å². The molecule has 7 nitrogen and oxygen atoms in total. The SMILES string of the molecule is CCCCCCCCCCCCCCCCNc1ccc([N+](=O)[O-])c2onnc12. The van der Waals surface area contributed by atoms with Gasteiger partial charge < -0.3 is 9.84 Å². The number of hydrogen-bond donors (Lipinski definition) is 1. The summed E-state index contributed by atoms with van der Waals surface area (Å²) in [6, 6.07) is 3.11. The zero-order chi connectivity index (χ0) is 20.7. The Labute approximate surface area is 173 Å². The van der Waals surface area contributed by atoms with Crippen LogP contribution in [-0.2, 0) is 0 Å². The summed E-state index contributed by atoms with van der Waals surface area (Å²) in [6.45, 7) is 3.08. The molecule has 0 spiro atoms. The van der Waals surface area contributed by atoms with E-state index in [4.69, 9.17) is 4.52 Å². The van der Waals surface area contributed by atoms with Gasteiger partial charge in [-0.1, -0.05) is 90.4 Å². The van der Waals surface area contributed by atoms with Crippen LogP contribution in [0.3, 0.4) is 0 Å². The summed E-state index contributed by atoms with van der Waals surface area (Å²) < 4.78 is 4.94. The van der Waals surface area contributed by atoms with E-state index >= 15 is 0 Å². The molecule has 0 bridgehead atoms. The molecule has 0 saturated heterocycles. The van der Waals surface area contributed by atoms with Gasteiger partial charge >= 0.3 is 5.69 Å². The lowest BCUT2D eigenvalue weighted by Crippen LogP contribution is -2.02. The molecule has 0 amide bonds. The first-order valence-electron chi connectivity index (χ1n) is 11.4. The van der Waals surface area contributed by atoms with Crippen molar-refractivity contribution >= 4 is 22.5 Å². The highest BCUT2D eigenvalue weighted by atomic mass is 16.6. The van der Waals surface area contributed by atoms with Crippen molar-refractivity contribution < 1.29 is 9.45 Å². The van der Waals surface area contributed by atoms with Crippen LogP contribution >= 0.6 is 0 Å². The van der Waals surface area contributed by atoms with Gasteiger partial charge in [0.05, 0.1) is 10.6 Å². The highest BCUT2D eigenvalue weighted by molar-refractivity contribution is 5.92. The van der Waals surface area contributed by atoms with Crippen LogP contribution < -0.4 is 5.32 Å². The molecule has 0 unspecified atom stereocenters. The molecule has 29 heavy (non-hydrogen) atoms. The Morgan fingerprint density at radius 3 is 2.00 bits per heavy atom. The molecule has 0 aliphatic rings. The second-order valence-corrected chi connectivity index (χ2v) is 7.86. The van der Waals surface area contributed by atoms with Crippen molar-refractivity contribution in [1.29, 1.82) is 0 Å². The van der Waals surface area contributed by atoms with E-state index in [9.17, 15) is 10.1 Å². The Kier molecular flexibility index (Phi) is 11.1. The first-order chi connectivity index (χ1) is 14.2. The zero-order valence-electron chi connectivity index (χ0n) is 17.8. The summed E-state index contributed by atoms with van der Waals surface area (Å²) in [6.07, 6.45) is 18.7. The van der Waals surface area contributed by atoms with Crippen molar-refractivity contribution in [1.82, 2.24) is 10.4 Å². The molecule has 0 atom stereocenters. The molecule has 0 saturated carbocycles. The zero-order valence-corrected chi connectivity index (χ0v) is 17.8. The van der Waals surface area contributed by atoms with Crippen LogP contribution in [0.15, 0.2) is 16.7 Å². The Bertz CT molecular complexity index is 717. The van der Waals surface area contributed by atoms with Crippen LogP contribution in [0.25, 0.3) is 11.1 Å². The molecule has 1 N–H and O–H groups in total. The van der Waals surface area contributed by atoms with E-state index in [1.54, 1.807) is 6.07 Å². The Hall–Kier alpha value is -2.18. The van der Waals surface area contributed by atoms with E-state index in [1.807, 2.05) is 0 Å². The fraction of sp³-hybridized carbons (Fsp3) is 0.727. The minimum Gasteiger partial charge on any atom is -0.383 e. The molecule has 2 aromatic rings. The predicted octanol–water partition coefficient (Wildman–Crippen LogP) is 7.02. The minimum atomic E-state index is -0.480. The van der Waals surface area contributed by atoms with Crippen molar-refractivity contribution in [3.05, 3.63) is 22.2 Å². The average Bonchev–Trinajstić information content (AvgIpc) is 3.20. The molecule has 1 heterocycles. The van der Waals surface area contributed by atoms with Gasteiger partial charge in [-0.25, -0.2) is 0 Å². The first-order valence-corrected chi connectivity index (χ1v) is 11.4. The number of nitro groups is 1. The fourth-order valence-electron chi connectivity index (χ4n) is 3.68. The monoisotopic (exact) mass is 404 g/mol. The average molecular weight is 405 g/mol. The standard InChI is InChI=1S/C22H36N4O3/c1-2-3-4-5-6-7-8-9-10-11-12-13-14-15-18-23-19-16-17-20(26(27)28)22-21(19)24-25-29-22/h16-17,23H,2-15,18H2,1H3. The minimum absolute atomic E-state index is 0.105. The number of hydrogen-bond acceptors (Lipinski definition) is 6. The van der Waals surface area contributed by atoms with Crippen molar-refractivity contribution in [2.75, 3.05) is 11.9 Å². The molecule has 2 rings (SSSR count). The van der Waals surface area contributed by atoms with Crippen molar-refractivity contribution in [2.45, 2.75) is 96.8 Å². The molecule has 0 aliphatic heterocycles. The van der Waals surface area contributed by atoms with Crippen molar-refractivity contribution in [2.24, 2.45) is 0 Å². The predicted molar refractivity (Wildman–Crippen MR) is 117 cm³/mol. The number of nitrogens with one attached hydrogen (secondary N) is 1. The van der Waals surface area contributed by atoms with Crippen LogP contribution in [-0.4, -0.2) is 21.8 Å². The number of benzene rings is 1. The van der Waals surface area contributed by atoms with Gasteiger partial charge in [-0.15, -0.1) is 5.10 Å². The van der Waals surface area contributed by atoms with E-state index in [0.29, 0.717) is 5.52 Å². The molecule has 0 aliphatic carbocycles. The molecule has 1 aromatic heterocycles. The molecular weight excluding hydrogens is 368 g/mol. The van der Waals surface area contributed by atoms with E-state index in [-0.39, 0.29) is 11.3 Å². The second kappa shape index (κ2) is 13.9. The maximum atomic E-state index is 11.0. The third-order valence-electron chi connectivity index (χ3n) is 5.43. The molecule has 1 aromatic carbocycles. The smallest absolute Gasteiger partial charge is 0.316 e. The number of anilines is 1. The fourth-order valence-corrected chi connectivity index (χ4v) is 3.68. The van der Waals surface area contributed by atoms with E-state index in [2.05, 4.69) is 22.6 Å². The van der Waals surface area contributed by atoms with Crippen LogP contribution in [0.5, 0.6) is 0 Å². The topological polar surface area (TPSA) is 94.1 Å². The maximum absolute atomic E-state index is 11.0. The van der Waals surface area contributed by atoms with Gasteiger partial charge in [-0.3, -0.25) is 10.1 Å². The largest absolute Gasteiger partial charge is 0.383 e. The lowest BCUT2D eigenvalue weighted by atomic mass is 10.0. The lowest BCUT2D eigenvalue weighted by molar-refractivity contribution is -0.383. The maximum Gasteiger partial charge on any atom is 0.316 e. The highest BCUT2D eigenvalue weighted by Gasteiger charge is 2.19. The van der Waals surface area contributed by atoms with Crippen LogP contribution in [0.4, 0.5) is 11.4 Å². The molecule has 0 fully saturated rings. The second-order valence-electron chi connectivity index (χ2n) is 7.86. The van der Waals surface area contributed by atoms with Gasteiger partial charge in [-0.2, -0.15) is 0 Å². The molecular formula is C22H36N4O3. The Morgan fingerprint density at radius 1 is 0.897 bits per heavy atom. The third kappa shape index (κ3) is 8.38. The van der Waals surface area contributed by atoms with Gasteiger partial charge in [0, 0.05) is 17.9 Å². The van der Waals surface area contributed by atoms with Gasteiger partial charge in [0.15, 0.2) is 5.52 Å². The summed E-state index contributed by atoms with van der Waals surface area (Å²) in [7, 11) is 0. The van der Waals surface area contributed by atoms with E-state index in [0.717, 1.165) is 18.7 Å². The normalized spacial score (nSPS) is 11.2. The van der Waals surface area contributed by atoms with Crippen molar-refractivity contribution in [3.8, 4) is 0 Å². The summed E-state index contributed by atoms with van der Waals surface area (Å²) in [5, 5.41) is 21.6. The number of rotatable bonds is 17. The Morgan fingerprint density at radius 2 is 1.45 bits per heavy atom. The van der Waals surface area contributed by atoms with Crippen molar-refractivity contribution in [3.63, 3.8) is 0 Å². The number of non-ortho nitro benzene ring substituents is 1.